The van der Waals surface area contributed by atoms with Crippen molar-refractivity contribution in [1.29, 1.82) is 0 Å². The summed E-state index contributed by atoms with van der Waals surface area (Å²) in [5.74, 6) is -0.614. The van der Waals surface area contributed by atoms with Crippen LogP contribution >= 0.6 is 11.6 Å². The fraction of sp³-hybridized carbons (Fsp3) is 0.286. The van der Waals surface area contributed by atoms with Crippen molar-refractivity contribution in [3.8, 4) is 0 Å². The van der Waals surface area contributed by atoms with Crippen LogP contribution in [-0.2, 0) is 16.6 Å². The number of hydrogen-bond acceptors (Lipinski definition) is 4. The number of benzene rings is 1. The first-order valence-electron chi connectivity index (χ1n) is 6.93. The van der Waals surface area contributed by atoms with Gasteiger partial charge in [-0.3, -0.25) is 9.40 Å². The molecule has 3 rings (SSSR count). The normalized spacial score (nSPS) is 14.7. The van der Waals surface area contributed by atoms with Crippen molar-refractivity contribution < 1.29 is 18.3 Å². The molecule has 0 saturated heterocycles. The Morgan fingerprint density at radius 2 is 2.17 bits per heavy atom. The van der Waals surface area contributed by atoms with Crippen molar-refractivity contribution in [2.24, 2.45) is 5.92 Å². The van der Waals surface area contributed by atoms with Crippen molar-refractivity contribution in [1.82, 2.24) is 9.78 Å². The number of carbonyl (C=O) groups is 1. The number of nitrogens with one attached hydrogen (secondary N) is 1. The van der Waals surface area contributed by atoms with E-state index in [1.54, 1.807) is 10.9 Å². The van der Waals surface area contributed by atoms with E-state index in [1.165, 1.54) is 31.2 Å². The third kappa shape index (κ3) is 3.65. The Morgan fingerprint density at radius 3 is 2.83 bits per heavy atom. The van der Waals surface area contributed by atoms with Crippen molar-refractivity contribution in [2.75, 3.05) is 4.72 Å². The first-order valence-corrected chi connectivity index (χ1v) is 8.79. The van der Waals surface area contributed by atoms with Gasteiger partial charge in [0.05, 0.1) is 22.5 Å². The number of anilines is 1. The van der Waals surface area contributed by atoms with Gasteiger partial charge in [-0.25, -0.2) is 13.2 Å². The first-order chi connectivity index (χ1) is 10.8. The van der Waals surface area contributed by atoms with E-state index < -0.39 is 16.0 Å². The lowest BCUT2D eigenvalue weighted by Gasteiger charge is -2.08. The highest BCUT2D eigenvalue weighted by atomic mass is 35.5. The van der Waals surface area contributed by atoms with Crippen LogP contribution in [0.15, 0.2) is 35.5 Å². The largest absolute Gasteiger partial charge is 0.478 e. The van der Waals surface area contributed by atoms with Crippen molar-refractivity contribution in [3.05, 3.63) is 41.2 Å². The maximum Gasteiger partial charge on any atom is 0.335 e. The third-order valence-corrected chi connectivity index (χ3v) is 5.36. The summed E-state index contributed by atoms with van der Waals surface area (Å²) in [6.45, 7) is 0.761. The number of carboxylic acids is 1. The van der Waals surface area contributed by atoms with E-state index in [0.29, 0.717) is 11.6 Å². The second kappa shape index (κ2) is 5.86. The zero-order valence-electron chi connectivity index (χ0n) is 11.9. The smallest absolute Gasteiger partial charge is 0.335 e. The quantitative estimate of drug-likeness (QED) is 0.828. The standard InChI is InChI=1S/C14H14ClN3O4S/c15-12-4-3-10(14(19)20)5-13(12)23(21,22)17-11-6-16-18(8-11)7-9-1-2-9/h3-6,8-9,17H,1-2,7H2,(H,19,20). The Morgan fingerprint density at radius 1 is 1.43 bits per heavy atom. The molecule has 1 heterocycles. The minimum Gasteiger partial charge on any atom is -0.478 e. The fourth-order valence-corrected chi connectivity index (χ4v) is 3.69. The van der Waals surface area contributed by atoms with Crippen LogP contribution in [0.1, 0.15) is 23.2 Å². The lowest BCUT2D eigenvalue weighted by atomic mass is 10.2. The predicted molar refractivity (Wildman–Crippen MR) is 84.2 cm³/mol. The molecule has 0 unspecified atom stereocenters. The molecule has 0 aliphatic heterocycles. The van der Waals surface area contributed by atoms with Gasteiger partial charge in [0.1, 0.15) is 4.90 Å². The average molecular weight is 356 g/mol. The van der Waals surface area contributed by atoms with Crippen molar-refractivity contribution >= 4 is 33.3 Å². The molecule has 0 atom stereocenters. The zero-order valence-corrected chi connectivity index (χ0v) is 13.5. The molecule has 1 aliphatic carbocycles. The number of carboxylic acid groups (broad SMARTS) is 1. The average Bonchev–Trinajstić information content (AvgIpc) is 3.18. The third-order valence-electron chi connectivity index (χ3n) is 3.50. The van der Waals surface area contributed by atoms with Crippen LogP contribution in [0.2, 0.25) is 5.02 Å². The van der Waals surface area contributed by atoms with Crippen LogP contribution in [-0.4, -0.2) is 29.3 Å². The van der Waals surface area contributed by atoms with Crippen LogP contribution in [0.3, 0.4) is 0 Å². The van der Waals surface area contributed by atoms with E-state index in [4.69, 9.17) is 16.7 Å². The van der Waals surface area contributed by atoms with Crippen molar-refractivity contribution in [3.63, 3.8) is 0 Å². The van der Waals surface area contributed by atoms with E-state index in [-0.39, 0.29) is 15.5 Å². The molecule has 122 valence electrons. The van der Waals surface area contributed by atoms with E-state index >= 15 is 0 Å². The molecule has 7 nitrogen and oxygen atoms in total. The van der Waals surface area contributed by atoms with Crippen LogP contribution in [0, 0.1) is 5.92 Å². The minimum atomic E-state index is -4.00. The molecule has 1 aromatic carbocycles. The molecule has 0 amide bonds. The topological polar surface area (TPSA) is 101 Å². The molecule has 0 bridgehead atoms. The fourth-order valence-electron chi connectivity index (χ4n) is 2.13. The van der Waals surface area contributed by atoms with E-state index in [2.05, 4.69) is 9.82 Å². The molecule has 0 spiro atoms. The van der Waals surface area contributed by atoms with Crippen LogP contribution in [0.25, 0.3) is 0 Å². The number of aromatic nitrogens is 2. The maximum atomic E-state index is 12.4. The Bertz CT molecular complexity index is 859. The van der Waals surface area contributed by atoms with Crippen LogP contribution < -0.4 is 4.72 Å². The second-order valence-corrected chi connectivity index (χ2v) is 7.51. The summed E-state index contributed by atoms with van der Waals surface area (Å²) in [6, 6.07) is 3.52. The van der Waals surface area contributed by atoms with Gasteiger partial charge in [0.25, 0.3) is 10.0 Å². The second-order valence-electron chi connectivity index (χ2n) is 5.45. The van der Waals surface area contributed by atoms with Crippen LogP contribution in [0.5, 0.6) is 0 Å². The number of halogens is 1. The number of hydrogen-bond donors (Lipinski definition) is 2. The summed E-state index contributed by atoms with van der Waals surface area (Å²) < 4.78 is 28.9. The molecule has 0 radical (unpaired) electrons. The van der Waals surface area contributed by atoms with E-state index in [1.807, 2.05) is 0 Å². The van der Waals surface area contributed by atoms with Gasteiger partial charge >= 0.3 is 5.97 Å². The molecular weight excluding hydrogens is 342 g/mol. The molecule has 1 aliphatic rings. The van der Waals surface area contributed by atoms with Gasteiger partial charge in [-0.05, 0) is 37.0 Å². The van der Waals surface area contributed by atoms with Gasteiger partial charge in [0.2, 0.25) is 0 Å². The van der Waals surface area contributed by atoms with Crippen molar-refractivity contribution in [2.45, 2.75) is 24.3 Å². The van der Waals surface area contributed by atoms with E-state index in [9.17, 15) is 13.2 Å². The molecule has 23 heavy (non-hydrogen) atoms. The molecule has 1 fully saturated rings. The van der Waals surface area contributed by atoms with Gasteiger partial charge in [-0.15, -0.1) is 0 Å². The van der Waals surface area contributed by atoms with Gasteiger partial charge in [-0.2, -0.15) is 5.10 Å². The Kier molecular flexibility index (Phi) is 4.03. The highest BCUT2D eigenvalue weighted by Gasteiger charge is 2.23. The summed E-state index contributed by atoms with van der Waals surface area (Å²) in [6.07, 6.45) is 5.34. The minimum absolute atomic E-state index is 0.0483. The number of sulfonamides is 1. The molecule has 1 aromatic heterocycles. The summed E-state index contributed by atoms with van der Waals surface area (Å²) >= 11 is 5.90. The number of rotatable bonds is 6. The molecule has 2 aromatic rings. The van der Waals surface area contributed by atoms with E-state index in [0.717, 1.165) is 12.6 Å². The summed E-state index contributed by atoms with van der Waals surface area (Å²) in [4.78, 5) is 10.7. The van der Waals surface area contributed by atoms with Crippen LogP contribution in [0.4, 0.5) is 5.69 Å². The molecule has 1 saturated carbocycles. The lowest BCUT2D eigenvalue weighted by Crippen LogP contribution is -2.14. The highest BCUT2D eigenvalue weighted by molar-refractivity contribution is 7.92. The van der Waals surface area contributed by atoms with Gasteiger partial charge < -0.3 is 5.11 Å². The predicted octanol–water partition coefficient (Wildman–Crippen LogP) is 2.45. The molecule has 9 heteroatoms. The summed E-state index contributed by atoms with van der Waals surface area (Å²) in [7, 11) is -4.00. The zero-order chi connectivity index (χ0) is 16.6. The highest BCUT2D eigenvalue weighted by Crippen LogP contribution is 2.31. The monoisotopic (exact) mass is 355 g/mol. The Hall–Kier alpha value is -2.06. The maximum absolute atomic E-state index is 12.4. The SMILES string of the molecule is O=C(O)c1ccc(Cl)c(S(=O)(=O)Nc2cnn(CC3CC3)c2)c1. The van der Waals surface area contributed by atoms with Gasteiger partial charge in [0, 0.05) is 12.7 Å². The first kappa shape index (κ1) is 15.8. The molecule has 2 N–H and O–H groups in total. The lowest BCUT2D eigenvalue weighted by molar-refractivity contribution is 0.0696. The Labute approximate surface area is 137 Å². The van der Waals surface area contributed by atoms with Gasteiger partial charge in [-0.1, -0.05) is 11.6 Å². The summed E-state index contributed by atoms with van der Waals surface area (Å²) in [5.41, 5.74) is 0.154. The Balaban J connectivity index is 1.84. The number of aromatic carboxylic acids is 1. The van der Waals surface area contributed by atoms with Gasteiger partial charge in [0.15, 0.2) is 0 Å². The number of nitrogens with zero attached hydrogens (tertiary/aromatic N) is 2. The summed E-state index contributed by atoms with van der Waals surface area (Å²) in [5, 5.41) is 13.0. The molecular formula is C14H14ClN3O4S.